The molecule has 0 radical (unpaired) electrons. The van der Waals surface area contributed by atoms with Gasteiger partial charge >= 0.3 is 0 Å². The van der Waals surface area contributed by atoms with Gasteiger partial charge in [-0.05, 0) is 18.2 Å². The molecule has 6 heterocycles. The van der Waals surface area contributed by atoms with Gasteiger partial charge < -0.3 is 4.98 Å². The molecular formula is C21H12FN9. The third-order valence-corrected chi connectivity index (χ3v) is 4.98. The highest BCUT2D eigenvalue weighted by Crippen LogP contribution is 2.33. The van der Waals surface area contributed by atoms with Crippen LogP contribution in [-0.4, -0.2) is 45.1 Å². The first-order chi connectivity index (χ1) is 15.3. The van der Waals surface area contributed by atoms with Crippen molar-refractivity contribution in [2.45, 2.75) is 0 Å². The standard InChI is InChI=1S/C21H12FN9/c22-16-13(12-7-24-10-25-8-12)9-27-20-15(16)19(30-31-20)21-28-14-3-6-26-17(18(14)29-21)11-1-4-23-5-2-11/h1-10H,(H,28,29)(H,27,30,31). The van der Waals surface area contributed by atoms with Gasteiger partial charge in [0, 0.05) is 53.9 Å². The van der Waals surface area contributed by atoms with E-state index in [1.807, 2.05) is 18.2 Å². The largest absolute Gasteiger partial charge is 0.336 e. The number of hydrogen-bond acceptors (Lipinski definition) is 7. The maximum Gasteiger partial charge on any atom is 0.159 e. The molecular weight excluding hydrogens is 397 g/mol. The molecule has 0 unspecified atom stereocenters. The Kier molecular flexibility index (Phi) is 3.75. The van der Waals surface area contributed by atoms with Gasteiger partial charge in [-0.25, -0.2) is 24.3 Å². The van der Waals surface area contributed by atoms with Crippen LogP contribution in [-0.2, 0) is 0 Å². The van der Waals surface area contributed by atoms with Crippen LogP contribution in [0.2, 0.25) is 0 Å². The van der Waals surface area contributed by atoms with E-state index in [-0.39, 0.29) is 10.9 Å². The summed E-state index contributed by atoms with van der Waals surface area (Å²) < 4.78 is 15.5. The molecule has 2 N–H and O–H groups in total. The number of hydrogen-bond donors (Lipinski definition) is 2. The molecule has 148 valence electrons. The molecule has 0 atom stereocenters. The fourth-order valence-electron chi connectivity index (χ4n) is 3.53. The normalized spacial score (nSPS) is 11.4. The van der Waals surface area contributed by atoms with Crippen molar-refractivity contribution in [1.82, 2.24) is 45.1 Å². The Bertz CT molecular complexity index is 1540. The van der Waals surface area contributed by atoms with Crippen LogP contribution in [0.15, 0.2) is 61.7 Å². The van der Waals surface area contributed by atoms with Crippen molar-refractivity contribution in [3.05, 3.63) is 67.5 Å². The molecule has 0 aromatic carbocycles. The number of aromatic amines is 2. The van der Waals surface area contributed by atoms with Gasteiger partial charge in [-0.2, -0.15) is 5.10 Å². The molecule has 10 heteroatoms. The van der Waals surface area contributed by atoms with Crippen LogP contribution in [0.25, 0.3) is 56.0 Å². The molecule has 0 aliphatic carbocycles. The summed E-state index contributed by atoms with van der Waals surface area (Å²) in [5.74, 6) is -0.0665. The Morgan fingerprint density at radius 3 is 2.48 bits per heavy atom. The van der Waals surface area contributed by atoms with Gasteiger partial charge in [-0.1, -0.05) is 0 Å². The molecule has 0 aliphatic rings. The van der Waals surface area contributed by atoms with Crippen molar-refractivity contribution in [2.75, 3.05) is 0 Å². The van der Waals surface area contributed by atoms with E-state index in [4.69, 9.17) is 0 Å². The number of pyridine rings is 3. The summed E-state index contributed by atoms with van der Waals surface area (Å²) in [6.07, 6.45) is 11.0. The Morgan fingerprint density at radius 1 is 0.806 bits per heavy atom. The zero-order valence-corrected chi connectivity index (χ0v) is 15.8. The fraction of sp³-hybridized carbons (Fsp3) is 0. The lowest BCUT2D eigenvalue weighted by Crippen LogP contribution is -1.92. The Hall–Kier alpha value is -4.60. The Balaban J connectivity index is 1.56. The minimum absolute atomic E-state index is 0.235. The third-order valence-electron chi connectivity index (χ3n) is 4.98. The number of aromatic nitrogens is 9. The fourth-order valence-corrected chi connectivity index (χ4v) is 3.53. The molecule has 0 fully saturated rings. The van der Waals surface area contributed by atoms with Gasteiger partial charge in [0.15, 0.2) is 11.5 Å². The van der Waals surface area contributed by atoms with Crippen molar-refractivity contribution >= 4 is 22.1 Å². The zero-order valence-electron chi connectivity index (χ0n) is 15.8. The third kappa shape index (κ3) is 2.73. The minimum Gasteiger partial charge on any atom is -0.336 e. The average molecular weight is 409 g/mol. The lowest BCUT2D eigenvalue weighted by molar-refractivity contribution is 0.642. The first-order valence-electron chi connectivity index (χ1n) is 9.33. The summed E-state index contributed by atoms with van der Waals surface area (Å²) in [5.41, 5.74) is 4.44. The van der Waals surface area contributed by atoms with Crippen molar-refractivity contribution in [1.29, 1.82) is 0 Å². The molecule has 0 amide bonds. The number of imidazole rings is 1. The summed E-state index contributed by atoms with van der Waals surface area (Å²) in [6.45, 7) is 0. The second-order valence-electron chi connectivity index (χ2n) is 6.79. The van der Waals surface area contributed by atoms with E-state index in [1.165, 1.54) is 24.9 Å². The molecule has 0 bridgehead atoms. The number of fused-ring (bicyclic) bond motifs is 2. The number of nitrogens with zero attached hydrogens (tertiary/aromatic N) is 7. The second kappa shape index (κ2) is 6.73. The molecule has 31 heavy (non-hydrogen) atoms. The van der Waals surface area contributed by atoms with Crippen molar-refractivity contribution < 1.29 is 4.39 Å². The Labute approximate surface area is 173 Å². The highest BCUT2D eigenvalue weighted by atomic mass is 19.1. The molecule has 0 spiro atoms. The van der Waals surface area contributed by atoms with Crippen LogP contribution in [0.5, 0.6) is 0 Å². The molecule has 9 nitrogen and oxygen atoms in total. The van der Waals surface area contributed by atoms with E-state index in [2.05, 4.69) is 45.1 Å². The summed E-state index contributed by atoms with van der Waals surface area (Å²) in [7, 11) is 0. The van der Waals surface area contributed by atoms with Gasteiger partial charge in [-0.15, -0.1) is 0 Å². The van der Waals surface area contributed by atoms with Gasteiger partial charge in [0.2, 0.25) is 0 Å². The van der Waals surface area contributed by atoms with Crippen LogP contribution in [0, 0.1) is 5.82 Å². The van der Waals surface area contributed by atoms with Gasteiger partial charge in [0.05, 0.1) is 16.6 Å². The van der Waals surface area contributed by atoms with Crippen LogP contribution in [0.4, 0.5) is 4.39 Å². The van der Waals surface area contributed by atoms with Crippen LogP contribution >= 0.6 is 0 Å². The predicted molar refractivity (Wildman–Crippen MR) is 111 cm³/mol. The highest BCUT2D eigenvalue weighted by Gasteiger charge is 2.21. The van der Waals surface area contributed by atoms with Gasteiger partial charge in [0.1, 0.15) is 23.4 Å². The van der Waals surface area contributed by atoms with Crippen LogP contribution < -0.4 is 0 Å². The van der Waals surface area contributed by atoms with Crippen molar-refractivity contribution in [3.8, 4) is 33.9 Å². The average Bonchev–Trinajstić information content (AvgIpc) is 3.45. The van der Waals surface area contributed by atoms with E-state index in [1.54, 1.807) is 18.6 Å². The first kappa shape index (κ1) is 17.3. The quantitative estimate of drug-likeness (QED) is 0.458. The lowest BCUT2D eigenvalue weighted by Gasteiger charge is -2.03. The molecule has 6 rings (SSSR count). The van der Waals surface area contributed by atoms with E-state index in [0.717, 1.165) is 11.1 Å². The number of halogens is 1. The summed E-state index contributed by atoms with van der Waals surface area (Å²) in [4.78, 5) is 28.6. The molecule has 6 aromatic heterocycles. The van der Waals surface area contributed by atoms with E-state index < -0.39 is 5.82 Å². The number of rotatable bonds is 3. The maximum absolute atomic E-state index is 15.5. The van der Waals surface area contributed by atoms with Gasteiger partial charge in [0.25, 0.3) is 0 Å². The van der Waals surface area contributed by atoms with Crippen LogP contribution in [0.3, 0.4) is 0 Å². The highest BCUT2D eigenvalue weighted by molar-refractivity contribution is 5.96. The summed E-state index contributed by atoms with van der Waals surface area (Å²) in [5, 5.41) is 7.29. The first-order valence-corrected chi connectivity index (χ1v) is 9.33. The Morgan fingerprint density at radius 2 is 1.65 bits per heavy atom. The van der Waals surface area contributed by atoms with Gasteiger partial charge in [-0.3, -0.25) is 15.1 Å². The molecule has 0 saturated heterocycles. The molecule has 0 saturated carbocycles. The predicted octanol–water partition coefficient (Wildman–Crippen LogP) is 3.55. The maximum atomic E-state index is 15.5. The number of H-pyrrole nitrogens is 2. The molecule has 6 aromatic rings. The van der Waals surface area contributed by atoms with E-state index in [9.17, 15) is 0 Å². The van der Waals surface area contributed by atoms with E-state index in [0.29, 0.717) is 33.9 Å². The lowest BCUT2D eigenvalue weighted by atomic mass is 10.1. The molecule has 0 aliphatic heterocycles. The van der Waals surface area contributed by atoms with E-state index >= 15 is 4.39 Å². The second-order valence-corrected chi connectivity index (χ2v) is 6.79. The topological polar surface area (TPSA) is 122 Å². The SMILES string of the molecule is Fc1c(-c2cncnc2)cnc2[nH]nc(-c3nc4c(-c5ccncc5)nccc4[nH]3)c12. The summed E-state index contributed by atoms with van der Waals surface area (Å²) >= 11 is 0. The van der Waals surface area contributed by atoms with Crippen molar-refractivity contribution in [2.24, 2.45) is 0 Å². The smallest absolute Gasteiger partial charge is 0.159 e. The summed E-state index contributed by atoms with van der Waals surface area (Å²) in [6, 6.07) is 5.53. The monoisotopic (exact) mass is 409 g/mol. The van der Waals surface area contributed by atoms with Crippen LogP contribution in [0.1, 0.15) is 0 Å². The zero-order chi connectivity index (χ0) is 20.8. The van der Waals surface area contributed by atoms with Crippen molar-refractivity contribution in [3.63, 3.8) is 0 Å². The number of nitrogens with one attached hydrogen (secondary N) is 2. The minimum atomic E-state index is -0.475.